The number of rotatable bonds is 4. The van der Waals surface area contributed by atoms with Crippen molar-refractivity contribution in [1.29, 1.82) is 0 Å². The minimum absolute atomic E-state index is 0.0527. The van der Waals surface area contributed by atoms with Crippen LogP contribution in [0.1, 0.15) is 23.2 Å². The molecule has 2 rings (SSSR count). The molecule has 1 aliphatic heterocycles. The SMILES string of the molecule is CON(C)S(=O)(=O)c1cc(C(=O)N2CCCC2)ccc1Cl. The Balaban J connectivity index is 2.40. The summed E-state index contributed by atoms with van der Waals surface area (Å²) < 4.78 is 25.3. The highest BCUT2D eigenvalue weighted by Crippen LogP contribution is 2.26. The molecule has 1 heterocycles. The summed E-state index contributed by atoms with van der Waals surface area (Å²) in [6, 6.07) is 4.25. The van der Waals surface area contributed by atoms with Crippen LogP contribution in [-0.2, 0) is 14.9 Å². The van der Waals surface area contributed by atoms with Gasteiger partial charge in [0.15, 0.2) is 0 Å². The molecule has 1 amide bonds. The van der Waals surface area contributed by atoms with E-state index in [-0.39, 0.29) is 15.8 Å². The van der Waals surface area contributed by atoms with E-state index in [2.05, 4.69) is 0 Å². The summed E-state index contributed by atoms with van der Waals surface area (Å²) in [5, 5.41) is 0.0527. The Labute approximate surface area is 129 Å². The van der Waals surface area contributed by atoms with Crippen molar-refractivity contribution in [2.24, 2.45) is 0 Å². The maximum Gasteiger partial charge on any atom is 0.266 e. The van der Waals surface area contributed by atoms with Gasteiger partial charge in [0.2, 0.25) is 0 Å². The van der Waals surface area contributed by atoms with Crippen LogP contribution < -0.4 is 0 Å². The molecule has 8 heteroatoms. The lowest BCUT2D eigenvalue weighted by Gasteiger charge is -2.18. The number of halogens is 1. The first-order valence-electron chi connectivity index (χ1n) is 6.50. The summed E-state index contributed by atoms with van der Waals surface area (Å²) in [5.41, 5.74) is 0.310. The van der Waals surface area contributed by atoms with Crippen molar-refractivity contribution in [1.82, 2.24) is 9.37 Å². The lowest BCUT2D eigenvalue weighted by Crippen LogP contribution is -2.29. The quantitative estimate of drug-likeness (QED) is 0.788. The van der Waals surface area contributed by atoms with Gasteiger partial charge < -0.3 is 4.90 Å². The number of amides is 1. The van der Waals surface area contributed by atoms with E-state index in [1.54, 1.807) is 4.90 Å². The molecular weight excluding hydrogens is 316 g/mol. The summed E-state index contributed by atoms with van der Waals surface area (Å²) in [6.45, 7) is 1.39. The van der Waals surface area contributed by atoms with Crippen LogP contribution >= 0.6 is 11.6 Å². The Kier molecular flexibility index (Phi) is 4.88. The second kappa shape index (κ2) is 6.31. The number of likely N-dealkylation sites (tertiary alicyclic amines) is 1. The Morgan fingerprint density at radius 2 is 1.95 bits per heavy atom. The predicted octanol–water partition coefficient (Wildman–Crippen LogP) is 1.76. The third-order valence-electron chi connectivity index (χ3n) is 3.44. The van der Waals surface area contributed by atoms with Gasteiger partial charge in [-0.05, 0) is 31.0 Å². The molecule has 0 aliphatic carbocycles. The van der Waals surface area contributed by atoms with Crippen molar-refractivity contribution in [3.8, 4) is 0 Å². The Bertz CT molecular complexity index is 642. The van der Waals surface area contributed by atoms with Crippen molar-refractivity contribution >= 4 is 27.5 Å². The van der Waals surface area contributed by atoms with Gasteiger partial charge in [0.1, 0.15) is 4.90 Å². The molecule has 0 N–H and O–H groups in total. The third-order valence-corrected chi connectivity index (χ3v) is 5.61. The molecule has 0 saturated carbocycles. The zero-order chi connectivity index (χ0) is 15.6. The van der Waals surface area contributed by atoms with E-state index in [9.17, 15) is 13.2 Å². The molecule has 1 aromatic rings. The van der Waals surface area contributed by atoms with E-state index in [0.29, 0.717) is 23.1 Å². The Hall–Kier alpha value is -1.15. The minimum atomic E-state index is -3.89. The van der Waals surface area contributed by atoms with Crippen molar-refractivity contribution in [3.63, 3.8) is 0 Å². The number of carbonyl (C=O) groups is 1. The summed E-state index contributed by atoms with van der Waals surface area (Å²) in [6.07, 6.45) is 1.94. The molecule has 6 nitrogen and oxygen atoms in total. The van der Waals surface area contributed by atoms with Crippen molar-refractivity contribution in [2.45, 2.75) is 17.7 Å². The van der Waals surface area contributed by atoms with Gasteiger partial charge in [-0.1, -0.05) is 16.1 Å². The van der Waals surface area contributed by atoms with Crippen LogP contribution in [0.5, 0.6) is 0 Å². The highest BCUT2D eigenvalue weighted by atomic mass is 35.5. The standard InChI is InChI=1S/C13H17ClN2O4S/c1-15(20-2)21(18,19)12-9-10(5-6-11(12)14)13(17)16-7-3-4-8-16/h5-6,9H,3-4,7-8H2,1-2H3. The van der Waals surface area contributed by atoms with Gasteiger partial charge in [-0.2, -0.15) is 0 Å². The second-order valence-corrected chi connectivity index (χ2v) is 7.05. The van der Waals surface area contributed by atoms with E-state index >= 15 is 0 Å². The predicted molar refractivity (Wildman–Crippen MR) is 78.5 cm³/mol. The van der Waals surface area contributed by atoms with E-state index in [0.717, 1.165) is 12.8 Å². The van der Waals surface area contributed by atoms with Crippen molar-refractivity contribution < 1.29 is 18.0 Å². The van der Waals surface area contributed by atoms with Gasteiger partial charge >= 0.3 is 0 Å². The topological polar surface area (TPSA) is 66.9 Å². The zero-order valence-electron chi connectivity index (χ0n) is 11.9. The minimum Gasteiger partial charge on any atom is -0.339 e. The maximum atomic E-state index is 12.3. The number of sulfonamides is 1. The van der Waals surface area contributed by atoms with Gasteiger partial charge in [-0.25, -0.2) is 8.42 Å². The average molecular weight is 333 g/mol. The lowest BCUT2D eigenvalue weighted by atomic mass is 10.2. The molecule has 21 heavy (non-hydrogen) atoms. The number of benzene rings is 1. The molecule has 1 saturated heterocycles. The molecule has 0 atom stereocenters. The fourth-order valence-electron chi connectivity index (χ4n) is 2.17. The largest absolute Gasteiger partial charge is 0.339 e. The molecule has 1 aliphatic rings. The highest BCUT2D eigenvalue weighted by Gasteiger charge is 2.26. The molecule has 116 valence electrons. The monoisotopic (exact) mass is 332 g/mol. The number of hydrogen-bond acceptors (Lipinski definition) is 4. The first-order chi connectivity index (χ1) is 9.87. The van der Waals surface area contributed by atoms with E-state index in [1.807, 2.05) is 0 Å². The van der Waals surface area contributed by atoms with E-state index in [1.165, 1.54) is 32.4 Å². The summed E-state index contributed by atoms with van der Waals surface area (Å²) in [5.74, 6) is -0.180. The van der Waals surface area contributed by atoms with E-state index < -0.39 is 10.0 Å². The van der Waals surface area contributed by atoms with E-state index in [4.69, 9.17) is 16.4 Å². The molecule has 0 aromatic heterocycles. The Morgan fingerprint density at radius 1 is 1.33 bits per heavy atom. The van der Waals surface area contributed by atoms with Crippen LogP contribution in [0.15, 0.2) is 23.1 Å². The van der Waals surface area contributed by atoms with Crippen LogP contribution in [0.2, 0.25) is 5.02 Å². The fourth-order valence-corrected chi connectivity index (χ4v) is 3.65. The number of nitrogens with zero attached hydrogens (tertiary/aromatic N) is 2. The fraction of sp³-hybridized carbons (Fsp3) is 0.462. The zero-order valence-corrected chi connectivity index (χ0v) is 13.4. The third kappa shape index (κ3) is 3.21. The number of hydrogen-bond donors (Lipinski definition) is 0. The molecule has 0 bridgehead atoms. The first kappa shape index (κ1) is 16.2. The van der Waals surface area contributed by atoms with Gasteiger partial charge in [-0.15, -0.1) is 0 Å². The normalized spacial score (nSPS) is 15.7. The molecular formula is C13H17ClN2O4S. The average Bonchev–Trinajstić information content (AvgIpc) is 3.00. The molecule has 0 spiro atoms. The van der Waals surface area contributed by atoms with Crippen molar-refractivity contribution in [3.05, 3.63) is 28.8 Å². The smallest absolute Gasteiger partial charge is 0.266 e. The van der Waals surface area contributed by atoms with Crippen LogP contribution in [0, 0.1) is 0 Å². The molecule has 0 radical (unpaired) electrons. The van der Waals surface area contributed by atoms with Crippen LogP contribution in [0.4, 0.5) is 0 Å². The summed E-state index contributed by atoms with van der Waals surface area (Å²) >= 11 is 5.96. The van der Waals surface area contributed by atoms with Crippen LogP contribution in [0.3, 0.4) is 0 Å². The maximum absolute atomic E-state index is 12.3. The molecule has 1 fully saturated rings. The van der Waals surface area contributed by atoms with Gasteiger partial charge in [0, 0.05) is 25.7 Å². The lowest BCUT2D eigenvalue weighted by molar-refractivity contribution is -0.0258. The second-order valence-electron chi connectivity index (χ2n) is 4.74. The summed E-state index contributed by atoms with van der Waals surface area (Å²) in [4.78, 5) is 18.6. The molecule has 1 aromatic carbocycles. The van der Waals surface area contributed by atoms with Gasteiger partial charge in [0.25, 0.3) is 15.9 Å². The number of hydroxylamine groups is 1. The highest BCUT2D eigenvalue weighted by molar-refractivity contribution is 7.89. The first-order valence-corrected chi connectivity index (χ1v) is 8.31. The summed E-state index contributed by atoms with van der Waals surface area (Å²) in [7, 11) is -1.39. The van der Waals surface area contributed by atoms with Gasteiger partial charge in [0.05, 0.1) is 12.1 Å². The van der Waals surface area contributed by atoms with Crippen molar-refractivity contribution in [2.75, 3.05) is 27.2 Å². The molecule has 0 unspecified atom stereocenters. The Morgan fingerprint density at radius 3 is 2.52 bits per heavy atom. The van der Waals surface area contributed by atoms with Crippen LogP contribution in [0.25, 0.3) is 0 Å². The van der Waals surface area contributed by atoms with Gasteiger partial charge in [-0.3, -0.25) is 9.63 Å². The number of carbonyl (C=O) groups excluding carboxylic acids is 1. The van der Waals surface area contributed by atoms with Crippen LogP contribution in [-0.4, -0.2) is 50.9 Å².